The maximum atomic E-state index is 4.37. The third kappa shape index (κ3) is 4.33. The standard InChI is InChI=1S/C13H21N5S/c1-3-17(4-2)5-6-18-9-12(8-16-18)14-7-13-10-19-11-15-13/h8-11,14H,3-7H2,1-2H3. The number of rotatable bonds is 8. The van der Waals surface area contributed by atoms with Gasteiger partial charge in [-0.1, -0.05) is 13.8 Å². The van der Waals surface area contributed by atoms with Gasteiger partial charge in [0.25, 0.3) is 0 Å². The summed E-state index contributed by atoms with van der Waals surface area (Å²) >= 11 is 1.62. The second-order valence-electron chi connectivity index (χ2n) is 4.35. The smallest absolute Gasteiger partial charge is 0.0795 e. The Morgan fingerprint density at radius 1 is 1.37 bits per heavy atom. The van der Waals surface area contributed by atoms with Crippen LogP contribution in [0.25, 0.3) is 0 Å². The molecule has 0 unspecified atom stereocenters. The van der Waals surface area contributed by atoms with Gasteiger partial charge in [-0.25, -0.2) is 4.98 Å². The van der Waals surface area contributed by atoms with Crippen molar-refractivity contribution in [2.75, 3.05) is 25.0 Å². The van der Waals surface area contributed by atoms with Crippen LogP contribution in [0.3, 0.4) is 0 Å². The summed E-state index contributed by atoms with van der Waals surface area (Å²) in [4.78, 5) is 6.63. The highest BCUT2D eigenvalue weighted by Gasteiger charge is 2.02. The lowest BCUT2D eigenvalue weighted by Gasteiger charge is -2.17. The van der Waals surface area contributed by atoms with E-state index in [0.717, 1.165) is 44.1 Å². The van der Waals surface area contributed by atoms with Gasteiger partial charge in [-0.05, 0) is 13.1 Å². The van der Waals surface area contributed by atoms with Crippen molar-refractivity contribution in [3.8, 4) is 0 Å². The lowest BCUT2D eigenvalue weighted by atomic mass is 10.4. The number of hydrogen-bond donors (Lipinski definition) is 1. The van der Waals surface area contributed by atoms with E-state index in [1.54, 1.807) is 11.3 Å². The Bertz CT molecular complexity index is 461. The lowest BCUT2D eigenvalue weighted by molar-refractivity contribution is 0.285. The minimum Gasteiger partial charge on any atom is -0.377 e. The molecule has 2 rings (SSSR count). The Labute approximate surface area is 118 Å². The van der Waals surface area contributed by atoms with Crippen molar-refractivity contribution in [2.24, 2.45) is 0 Å². The first-order valence-corrected chi connectivity index (χ1v) is 7.61. The maximum Gasteiger partial charge on any atom is 0.0795 e. The zero-order valence-corrected chi connectivity index (χ0v) is 12.4. The Morgan fingerprint density at radius 3 is 2.89 bits per heavy atom. The molecule has 0 fully saturated rings. The fourth-order valence-electron chi connectivity index (χ4n) is 1.88. The van der Waals surface area contributed by atoms with Crippen LogP contribution in [0.5, 0.6) is 0 Å². The summed E-state index contributed by atoms with van der Waals surface area (Å²) < 4.78 is 1.99. The molecule has 0 amide bonds. The molecule has 0 radical (unpaired) electrons. The SMILES string of the molecule is CCN(CC)CCn1cc(NCc2cscn2)cn1. The highest BCUT2D eigenvalue weighted by atomic mass is 32.1. The van der Waals surface area contributed by atoms with Crippen LogP contribution in [0.1, 0.15) is 19.5 Å². The van der Waals surface area contributed by atoms with Gasteiger partial charge in [0.1, 0.15) is 0 Å². The normalized spacial score (nSPS) is 11.1. The van der Waals surface area contributed by atoms with Crippen LogP contribution in [0, 0.1) is 0 Å². The summed E-state index contributed by atoms with van der Waals surface area (Å²) in [7, 11) is 0. The second kappa shape index (κ2) is 7.25. The molecule has 0 saturated carbocycles. The van der Waals surface area contributed by atoms with Crippen molar-refractivity contribution < 1.29 is 0 Å². The van der Waals surface area contributed by atoms with E-state index >= 15 is 0 Å². The van der Waals surface area contributed by atoms with Gasteiger partial charge in [0.15, 0.2) is 0 Å². The lowest BCUT2D eigenvalue weighted by Crippen LogP contribution is -2.27. The van der Waals surface area contributed by atoms with E-state index in [2.05, 4.69) is 45.7 Å². The van der Waals surface area contributed by atoms with E-state index < -0.39 is 0 Å². The highest BCUT2D eigenvalue weighted by molar-refractivity contribution is 7.07. The van der Waals surface area contributed by atoms with Gasteiger partial charge in [0.2, 0.25) is 0 Å². The summed E-state index contributed by atoms with van der Waals surface area (Å²) in [5.41, 5.74) is 3.97. The van der Waals surface area contributed by atoms with Gasteiger partial charge in [0, 0.05) is 18.1 Å². The van der Waals surface area contributed by atoms with Crippen LogP contribution in [0.15, 0.2) is 23.3 Å². The molecule has 2 heterocycles. The Balaban J connectivity index is 1.78. The quantitative estimate of drug-likeness (QED) is 0.805. The van der Waals surface area contributed by atoms with E-state index in [9.17, 15) is 0 Å². The molecule has 0 atom stereocenters. The van der Waals surface area contributed by atoms with E-state index in [1.807, 2.05) is 16.4 Å². The van der Waals surface area contributed by atoms with Crippen LogP contribution >= 0.6 is 11.3 Å². The summed E-state index contributed by atoms with van der Waals surface area (Å²) in [5.74, 6) is 0. The molecule has 0 aliphatic rings. The van der Waals surface area contributed by atoms with Gasteiger partial charge in [-0.15, -0.1) is 11.3 Å². The number of aromatic nitrogens is 3. The van der Waals surface area contributed by atoms with Crippen molar-refractivity contribution in [3.63, 3.8) is 0 Å². The van der Waals surface area contributed by atoms with Crippen LogP contribution in [-0.2, 0) is 13.1 Å². The average Bonchev–Trinajstić information content (AvgIpc) is 3.09. The number of hydrogen-bond acceptors (Lipinski definition) is 5. The molecule has 0 spiro atoms. The van der Waals surface area contributed by atoms with E-state index in [1.165, 1.54) is 0 Å². The average molecular weight is 279 g/mol. The molecule has 1 N–H and O–H groups in total. The summed E-state index contributed by atoms with van der Waals surface area (Å²) in [6, 6.07) is 0. The highest BCUT2D eigenvalue weighted by Crippen LogP contribution is 2.08. The molecular weight excluding hydrogens is 258 g/mol. The van der Waals surface area contributed by atoms with Crippen molar-refractivity contribution >= 4 is 17.0 Å². The zero-order chi connectivity index (χ0) is 13.5. The van der Waals surface area contributed by atoms with Crippen LogP contribution in [-0.4, -0.2) is 39.3 Å². The van der Waals surface area contributed by atoms with E-state index in [0.29, 0.717) is 0 Å². The fourth-order valence-corrected chi connectivity index (χ4v) is 2.44. The van der Waals surface area contributed by atoms with Gasteiger partial charge in [0.05, 0.1) is 36.2 Å². The monoisotopic (exact) mass is 279 g/mol. The summed E-state index contributed by atoms with van der Waals surface area (Å²) in [5, 5.41) is 9.75. The Morgan fingerprint density at radius 2 is 2.21 bits per heavy atom. The Hall–Kier alpha value is -1.40. The minimum atomic E-state index is 0.755. The first-order valence-electron chi connectivity index (χ1n) is 6.67. The summed E-state index contributed by atoms with van der Waals surface area (Å²) in [6.07, 6.45) is 3.92. The molecular formula is C13H21N5S. The van der Waals surface area contributed by atoms with Crippen LogP contribution in [0.4, 0.5) is 5.69 Å². The molecule has 2 aromatic rings. The second-order valence-corrected chi connectivity index (χ2v) is 5.07. The van der Waals surface area contributed by atoms with Gasteiger partial charge >= 0.3 is 0 Å². The van der Waals surface area contributed by atoms with Gasteiger partial charge in [-0.3, -0.25) is 4.68 Å². The number of likely N-dealkylation sites (N-methyl/N-ethyl adjacent to an activating group) is 1. The van der Waals surface area contributed by atoms with Gasteiger partial charge in [-0.2, -0.15) is 5.10 Å². The molecule has 0 aliphatic carbocycles. The Kier molecular flexibility index (Phi) is 5.35. The molecule has 6 heteroatoms. The predicted octanol–water partition coefficient (Wildman–Crippen LogP) is 2.29. The van der Waals surface area contributed by atoms with Gasteiger partial charge < -0.3 is 10.2 Å². The van der Waals surface area contributed by atoms with Crippen LogP contribution in [0.2, 0.25) is 0 Å². The number of anilines is 1. The molecule has 104 valence electrons. The largest absolute Gasteiger partial charge is 0.377 e. The van der Waals surface area contributed by atoms with Crippen molar-refractivity contribution in [1.82, 2.24) is 19.7 Å². The fraction of sp³-hybridized carbons (Fsp3) is 0.538. The van der Waals surface area contributed by atoms with E-state index in [-0.39, 0.29) is 0 Å². The summed E-state index contributed by atoms with van der Waals surface area (Å²) in [6.45, 7) is 9.28. The number of thiazole rings is 1. The molecule has 0 bridgehead atoms. The third-order valence-corrected chi connectivity index (χ3v) is 3.77. The maximum absolute atomic E-state index is 4.37. The van der Waals surface area contributed by atoms with E-state index in [4.69, 9.17) is 0 Å². The first kappa shape index (κ1) is 14.0. The number of nitrogens with one attached hydrogen (secondary N) is 1. The molecule has 0 aromatic carbocycles. The molecule has 0 aliphatic heterocycles. The van der Waals surface area contributed by atoms with Crippen molar-refractivity contribution in [2.45, 2.75) is 26.9 Å². The van der Waals surface area contributed by atoms with Crippen molar-refractivity contribution in [3.05, 3.63) is 29.0 Å². The third-order valence-electron chi connectivity index (χ3n) is 3.13. The van der Waals surface area contributed by atoms with Crippen LogP contribution < -0.4 is 5.32 Å². The topological polar surface area (TPSA) is 46.0 Å². The predicted molar refractivity (Wildman–Crippen MR) is 79.5 cm³/mol. The molecule has 2 aromatic heterocycles. The first-order chi connectivity index (χ1) is 9.31. The zero-order valence-electron chi connectivity index (χ0n) is 11.5. The molecule has 0 saturated heterocycles. The number of nitrogens with zero attached hydrogens (tertiary/aromatic N) is 4. The van der Waals surface area contributed by atoms with Crippen molar-refractivity contribution in [1.29, 1.82) is 0 Å². The minimum absolute atomic E-state index is 0.755. The molecule has 19 heavy (non-hydrogen) atoms. The molecule has 5 nitrogen and oxygen atoms in total.